The molecule has 2 aromatic carbocycles. The lowest BCUT2D eigenvalue weighted by atomic mass is 10.0. The van der Waals surface area contributed by atoms with E-state index in [9.17, 15) is 18.0 Å². The summed E-state index contributed by atoms with van der Waals surface area (Å²) < 4.78 is 38.4. The molecule has 4 heterocycles. The average Bonchev–Trinajstić information content (AvgIpc) is 3.62. The lowest BCUT2D eigenvalue weighted by Gasteiger charge is -2.28. The number of aromatic amines is 1. The van der Waals surface area contributed by atoms with Crippen molar-refractivity contribution in [1.29, 1.82) is 0 Å². The first kappa shape index (κ1) is 26.9. The monoisotopic (exact) mass is 553 g/mol. The van der Waals surface area contributed by atoms with E-state index < -0.39 is 12.1 Å². The molecule has 0 spiro atoms. The van der Waals surface area contributed by atoms with Crippen LogP contribution in [0, 0.1) is 0 Å². The maximum atomic E-state index is 11.6. The Labute approximate surface area is 225 Å². The molecule has 0 fully saturated rings. The lowest BCUT2D eigenvalue weighted by Crippen LogP contribution is -2.37. The number of fused-ring (bicyclic) bond motifs is 2. The Morgan fingerprint density at radius 2 is 1.93 bits per heavy atom. The van der Waals surface area contributed by atoms with E-state index in [0.717, 1.165) is 60.8 Å². The first-order valence-corrected chi connectivity index (χ1v) is 12.2. The number of tetrazole rings is 1. The summed E-state index contributed by atoms with van der Waals surface area (Å²) in [5, 5.41) is 19.1. The zero-order valence-electron chi connectivity index (χ0n) is 20.9. The number of carboxylic acids is 1. The van der Waals surface area contributed by atoms with E-state index in [0.29, 0.717) is 12.2 Å². The van der Waals surface area contributed by atoms with E-state index in [4.69, 9.17) is 19.6 Å². The Bertz CT molecular complexity index is 1530. The highest BCUT2D eigenvalue weighted by molar-refractivity contribution is 5.93. The van der Waals surface area contributed by atoms with E-state index in [2.05, 4.69) is 31.5 Å². The SMILES string of the molecule is O=C([O-])C(F)(F)F.O=C1OCc2cc(CCN3CCc4nc(-c5ccc(-[n+]6cnn[nH]6)cc5)ncc4C3)ccc21. The summed E-state index contributed by atoms with van der Waals surface area (Å²) in [5.41, 5.74) is 7.17. The number of alkyl halides is 3. The van der Waals surface area contributed by atoms with Gasteiger partial charge in [-0.25, -0.2) is 14.8 Å². The standard InChI is InChI=1S/C24H21N7O2.C2HF3O2/c32-24-21-6-1-16(11-18(21)14-33-24)7-9-30-10-8-22-19(13-30)12-25-23(27-22)17-2-4-20(5-3-17)31-15-26-28-29-31;3-2(4,5)1(6)7/h1-6,11-12,15H,7-10,13-14H2;(H,6,7). The van der Waals surface area contributed by atoms with Gasteiger partial charge in [-0.05, 0) is 42.3 Å². The first-order valence-electron chi connectivity index (χ1n) is 12.2. The maximum absolute atomic E-state index is 11.6. The van der Waals surface area contributed by atoms with E-state index in [-0.39, 0.29) is 5.97 Å². The summed E-state index contributed by atoms with van der Waals surface area (Å²) in [6, 6.07) is 14.0. The molecule has 2 aromatic heterocycles. The second-order valence-electron chi connectivity index (χ2n) is 9.14. The second kappa shape index (κ2) is 11.2. The zero-order valence-corrected chi connectivity index (χ0v) is 20.9. The van der Waals surface area contributed by atoms with Crippen LogP contribution in [-0.4, -0.2) is 61.6 Å². The lowest BCUT2D eigenvalue weighted by molar-refractivity contribution is -0.660. The van der Waals surface area contributed by atoms with Crippen LogP contribution in [0.15, 0.2) is 55.0 Å². The minimum Gasteiger partial charge on any atom is -0.542 e. The van der Waals surface area contributed by atoms with Gasteiger partial charge in [0, 0.05) is 48.9 Å². The molecule has 0 amide bonds. The number of carboxylic acid groups (broad SMARTS) is 1. The number of cyclic esters (lactones) is 1. The summed E-state index contributed by atoms with van der Waals surface area (Å²) >= 11 is 0. The van der Waals surface area contributed by atoms with Gasteiger partial charge in [-0.15, -0.1) is 4.68 Å². The molecule has 0 saturated carbocycles. The number of halogens is 3. The number of nitrogens with one attached hydrogen (secondary N) is 1. The van der Waals surface area contributed by atoms with Crippen LogP contribution in [0.3, 0.4) is 0 Å². The van der Waals surface area contributed by atoms with Crippen LogP contribution in [-0.2, 0) is 35.5 Å². The molecule has 0 aliphatic carbocycles. The molecule has 40 heavy (non-hydrogen) atoms. The van der Waals surface area contributed by atoms with Crippen molar-refractivity contribution in [1.82, 2.24) is 30.4 Å². The molecular weight excluding hydrogens is 531 g/mol. The summed E-state index contributed by atoms with van der Waals surface area (Å²) in [6.45, 7) is 3.17. The first-order chi connectivity index (χ1) is 19.2. The minimum atomic E-state index is -5.19. The summed E-state index contributed by atoms with van der Waals surface area (Å²) in [7, 11) is 0. The fourth-order valence-corrected chi connectivity index (χ4v) is 4.41. The smallest absolute Gasteiger partial charge is 0.430 e. The summed E-state index contributed by atoms with van der Waals surface area (Å²) in [6.07, 6.45) is 0.233. The number of rotatable bonds is 5. The van der Waals surface area contributed by atoms with Gasteiger partial charge in [-0.2, -0.15) is 13.2 Å². The van der Waals surface area contributed by atoms with E-state index in [1.807, 2.05) is 42.6 Å². The van der Waals surface area contributed by atoms with Crippen LogP contribution in [0.1, 0.15) is 32.7 Å². The van der Waals surface area contributed by atoms with Crippen molar-refractivity contribution in [2.45, 2.75) is 32.2 Å². The highest BCUT2D eigenvalue weighted by Gasteiger charge is 2.29. The van der Waals surface area contributed by atoms with Crippen LogP contribution < -0.4 is 9.79 Å². The molecule has 2 aliphatic heterocycles. The molecule has 4 aromatic rings. The molecule has 11 nitrogen and oxygen atoms in total. The van der Waals surface area contributed by atoms with Crippen molar-refractivity contribution < 1.29 is 37.3 Å². The Morgan fingerprint density at radius 3 is 2.62 bits per heavy atom. The van der Waals surface area contributed by atoms with Gasteiger partial charge in [-0.1, -0.05) is 17.3 Å². The molecule has 1 N–H and O–H groups in total. The number of esters is 1. The molecule has 206 valence electrons. The fraction of sp³-hybridized carbons (Fsp3) is 0.269. The van der Waals surface area contributed by atoms with E-state index in [1.165, 1.54) is 11.1 Å². The second-order valence-corrected chi connectivity index (χ2v) is 9.14. The van der Waals surface area contributed by atoms with Gasteiger partial charge >= 0.3 is 12.1 Å². The Kier molecular flexibility index (Phi) is 7.51. The van der Waals surface area contributed by atoms with Crippen molar-refractivity contribution in [2.75, 3.05) is 13.1 Å². The maximum Gasteiger partial charge on any atom is 0.430 e. The summed E-state index contributed by atoms with van der Waals surface area (Å²) in [5.74, 6) is -2.47. The number of ether oxygens (including phenoxy) is 1. The largest absolute Gasteiger partial charge is 0.542 e. The Balaban J connectivity index is 0.000000411. The number of hydrogen-bond acceptors (Lipinski definition) is 9. The van der Waals surface area contributed by atoms with Gasteiger partial charge < -0.3 is 14.6 Å². The summed E-state index contributed by atoms with van der Waals surface area (Å²) in [4.78, 5) is 32.3. The van der Waals surface area contributed by atoms with Crippen LogP contribution in [0.5, 0.6) is 0 Å². The predicted octanol–water partition coefficient (Wildman–Crippen LogP) is 1.11. The topological polar surface area (TPSA) is 141 Å². The van der Waals surface area contributed by atoms with Crippen LogP contribution in [0.2, 0.25) is 0 Å². The number of carbonyl (C=O) groups excluding carboxylic acids is 2. The quantitative estimate of drug-likeness (QED) is 0.284. The molecule has 0 radical (unpaired) electrons. The average molecular weight is 554 g/mol. The van der Waals surface area contributed by atoms with Gasteiger partial charge in [0.1, 0.15) is 23.4 Å². The van der Waals surface area contributed by atoms with Crippen molar-refractivity contribution in [3.8, 4) is 17.1 Å². The van der Waals surface area contributed by atoms with Crippen LogP contribution >= 0.6 is 0 Å². The Morgan fingerprint density at radius 1 is 1.15 bits per heavy atom. The van der Waals surface area contributed by atoms with Crippen molar-refractivity contribution >= 4 is 11.9 Å². The molecule has 0 atom stereocenters. The number of benzene rings is 2. The molecule has 0 unspecified atom stereocenters. The third-order valence-corrected chi connectivity index (χ3v) is 6.49. The molecule has 0 bridgehead atoms. The molecule has 14 heteroatoms. The fourth-order valence-electron chi connectivity index (χ4n) is 4.41. The van der Waals surface area contributed by atoms with Crippen molar-refractivity contribution in [3.63, 3.8) is 0 Å². The number of aliphatic carboxylic acids is 1. The number of hydrogen-bond donors (Lipinski definition) is 1. The molecule has 2 aliphatic rings. The third kappa shape index (κ3) is 6.12. The zero-order chi connectivity index (χ0) is 28.3. The predicted molar refractivity (Wildman–Crippen MR) is 128 cm³/mol. The van der Waals surface area contributed by atoms with Gasteiger partial charge in [0.2, 0.25) is 0 Å². The molecule has 6 rings (SSSR count). The van der Waals surface area contributed by atoms with Crippen LogP contribution in [0.25, 0.3) is 17.1 Å². The van der Waals surface area contributed by atoms with Gasteiger partial charge in [-0.3, -0.25) is 4.90 Å². The van der Waals surface area contributed by atoms with E-state index in [1.54, 1.807) is 11.0 Å². The number of carbonyl (C=O) groups is 2. The third-order valence-electron chi connectivity index (χ3n) is 6.49. The van der Waals surface area contributed by atoms with Gasteiger partial charge in [0.25, 0.3) is 6.33 Å². The van der Waals surface area contributed by atoms with Gasteiger partial charge in [0.15, 0.2) is 11.0 Å². The van der Waals surface area contributed by atoms with Gasteiger partial charge in [0.05, 0.1) is 11.3 Å². The van der Waals surface area contributed by atoms with Crippen LogP contribution in [0.4, 0.5) is 13.2 Å². The highest BCUT2D eigenvalue weighted by atomic mass is 19.4. The number of aromatic nitrogens is 6. The van der Waals surface area contributed by atoms with E-state index >= 15 is 0 Å². The van der Waals surface area contributed by atoms with Crippen molar-refractivity contribution in [2.24, 2.45) is 0 Å². The minimum absolute atomic E-state index is 0.214. The van der Waals surface area contributed by atoms with Crippen molar-refractivity contribution in [3.05, 3.63) is 82.9 Å². The number of H-pyrrole nitrogens is 1. The molecule has 0 saturated heterocycles. The molecular formula is C26H22F3N7O4. The number of nitrogens with zero attached hydrogens (tertiary/aromatic N) is 6. The Hall–Kier alpha value is -4.72. The normalized spacial score (nSPS) is 14.5. The highest BCUT2D eigenvalue weighted by Crippen LogP contribution is 2.24.